The second-order valence-electron chi connectivity index (χ2n) is 5.60. The van der Waals surface area contributed by atoms with E-state index in [4.69, 9.17) is 15.6 Å². The van der Waals surface area contributed by atoms with Crippen molar-refractivity contribution in [2.24, 2.45) is 0 Å². The van der Waals surface area contributed by atoms with Gasteiger partial charge in [-0.15, -0.1) is 0 Å². The highest BCUT2D eigenvalue weighted by Gasteiger charge is 2.15. The molecule has 0 fully saturated rings. The summed E-state index contributed by atoms with van der Waals surface area (Å²) in [6.45, 7) is 1.77. The quantitative estimate of drug-likeness (QED) is 0.702. The number of nitrogen functional groups attached to an aromatic ring is 1. The van der Waals surface area contributed by atoms with Gasteiger partial charge >= 0.3 is 5.97 Å². The van der Waals surface area contributed by atoms with Gasteiger partial charge in [0.2, 0.25) is 0 Å². The van der Waals surface area contributed by atoms with E-state index in [9.17, 15) is 9.18 Å². The normalized spacial score (nSPS) is 10.8. The molecule has 5 heteroatoms. The van der Waals surface area contributed by atoms with Crippen LogP contribution in [0.5, 0.6) is 11.5 Å². The molecule has 0 aliphatic carbocycles. The van der Waals surface area contributed by atoms with E-state index >= 15 is 0 Å². The van der Waals surface area contributed by atoms with E-state index in [-0.39, 0.29) is 12.2 Å². The van der Waals surface area contributed by atoms with Crippen molar-refractivity contribution in [3.05, 3.63) is 65.5 Å². The predicted molar refractivity (Wildman–Crippen MR) is 90.9 cm³/mol. The minimum absolute atomic E-state index is 0.128. The molecule has 4 nitrogen and oxygen atoms in total. The summed E-state index contributed by atoms with van der Waals surface area (Å²) in [5, 5.41) is 10.4. The summed E-state index contributed by atoms with van der Waals surface area (Å²) < 4.78 is 19.6. The molecular formula is C19H16FNO3. The van der Waals surface area contributed by atoms with Gasteiger partial charge in [0.25, 0.3) is 0 Å². The van der Waals surface area contributed by atoms with E-state index in [1.54, 1.807) is 43.3 Å². The highest BCUT2D eigenvalue weighted by atomic mass is 19.1. The highest BCUT2D eigenvalue weighted by Crippen LogP contribution is 2.36. The molecule has 0 aliphatic rings. The zero-order valence-corrected chi connectivity index (χ0v) is 13.0. The molecule has 0 bridgehead atoms. The summed E-state index contributed by atoms with van der Waals surface area (Å²) in [4.78, 5) is 11.1. The average molecular weight is 325 g/mol. The van der Waals surface area contributed by atoms with Crippen LogP contribution >= 0.6 is 0 Å². The lowest BCUT2D eigenvalue weighted by molar-refractivity contribution is -0.136. The largest absolute Gasteiger partial charge is 0.481 e. The summed E-state index contributed by atoms with van der Waals surface area (Å²) in [7, 11) is 0. The van der Waals surface area contributed by atoms with Crippen molar-refractivity contribution in [3.8, 4) is 11.5 Å². The van der Waals surface area contributed by atoms with Crippen LogP contribution in [0.4, 0.5) is 10.1 Å². The van der Waals surface area contributed by atoms with E-state index in [1.807, 2.05) is 0 Å². The number of fused-ring (bicyclic) bond motifs is 1. The summed E-state index contributed by atoms with van der Waals surface area (Å²) in [5.74, 6) is -0.314. The van der Waals surface area contributed by atoms with Gasteiger partial charge in [-0.25, -0.2) is 4.39 Å². The van der Waals surface area contributed by atoms with Crippen LogP contribution in [0.2, 0.25) is 0 Å². The molecular weight excluding hydrogens is 309 g/mol. The molecule has 0 aliphatic heterocycles. The Labute approximate surface area is 138 Å². The van der Waals surface area contributed by atoms with Gasteiger partial charge in [-0.2, -0.15) is 0 Å². The Morgan fingerprint density at radius 1 is 1.17 bits per heavy atom. The van der Waals surface area contributed by atoms with Crippen LogP contribution in [-0.4, -0.2) is 11.1 Å². The van der Waals surface area contributed by atoms with Crippen molar-refractivity contribution in [2.45, 2.75) is 13.3 Å². The van der Waals surface area contributed by atoms with Crippen LogP contribution < -0.4 is 10.5 Å². The fourth-order valence-electron chi connectivity index (χ4n) is 2.63. The lowest BCUT2D eigenvalue weighted by Gasteiger charge is -2.15. The maximum atomic E-state index is 13.7. The van der Waals surface area contributed by atoms with Crippen molar-refractivity contribution in [1.82, 2.24) is 0 Å². The van der Waals surface area contributed by atoms with Gasteiger partial charge in [0.1, 0.15) is 17.3 Å². The summed E-state index contributed by atoms with van der Waals surface area (Å²) >= 11 is 0. The summed E-state index contributed by atoms with van der Waals surface area (Å²) in [5.41, 5.74) is 7.58. The third kappa shape index (κ3) is 3.15. The number of hydrogen-bond donors (Lipinski definition) is 2. The van der Waals surface area contributed by atoms with Gasteiger partial charge in [-0.3, -0.25) is 4.79 Å². The number of carbonyl (C=O) groups is 1. The number of halogens is 1. The Balaban J connectivity index is 2.18. The van der Waals surface area contributed by atoms with Gasteiger partial charge in [0.05, 0.1) is 6.42 Å². The fraction of sp³-hybridized carbons (Fsp3) is 0.105. The first-order chi connectivity index (χ1) is 11.4. The third-order valence-electron chi connectivity index (χ3n) is 3.85. The number of aliphatic carboxylic acids is 1. The van der Waals surface area contributed by atoms with Crippen LogP contribution in [0.25, 0.3) is 10.8 Å². The first-order valence-corrected chi connectivity index (χ1v) is 7.41. The monoisotopic (exact) mass is 325 g/mol. The van der Waals surface area contributed by atoms with E-state index in [1.165, 1.54) is 12.1 Å². The van der Waals surface area contributed by atoms with Crippen molar-refractivity contribution in [3.63, 3.8) is 0 Å². The van der Waals surface area contributed by atoms with E-state index in [2.05, 4.69) is 0 Å². The molecule has 0 atom stereocenters. The number of anilines is 1. The highest BCUT2D eigenvalue weighted by molar-refractivity contribution is 5.92. The Kier molecular flexibility index (Phi) is 4.08. The number of hydrogen-bond acceptors (Lipinski definition) is 3. The maximum absolute atomic E-state index is 13.7. The number of carboxylic acids is 1. The molecule has 0 amide bonds. The Hall–Kier alpha value is -3.08. The molecule has 0 saturated carbocycles. The van der Waals surface area contributed by atoms with Crippen LogP contribution in [0.15, 0.2) is 48.5 Å². The Bertz CT molecular complexity index is 920. The lowest BCUT2D eigenvalue weighted by atomic mass is 9.98. The predicted octanol–water partition coefficient (Wildman–Crippen LogP) is 4.29. The molecule has 0 unspecified atom stereocenters. The van der Waals surface area contributed by atoms with Crippen molar-refractivity contribution in [1.29, 1.82) is 0 Å². The van der Waals surface area contributed by atoms with Crippen molar-refractivity contribution < 1.29 is 19.0 Å². The van der Waals surface area contributed by atoms with E-state index in [0.29, 0.717) is 33.7 Å². The number of carboxylic acid groups (broad SMARTS) is 1. The zero-order valence-electron chi connectivity index (χ0n) is 13.0. The molecule has 0 heterocycles. The molecule has 0 aromatic heterocycles. The molecule has 3 aromatic rings. The fourth-order valence-corrected chi connectivity index (χ4v) is 2.63. The lowest BCUT2D eigenvalue weighted by Crippen LogP contribution is -2.03. The minimum Gasteiger partial charge on any atom is -0.481 e. The maximum Gasteiger partial charge on any atom is 0.307 e. The van der Waals surface area contributed by atoms with Gasteiger partial charge in [0.15, 0.2) is 0 Å². The minimum atomic E-state index is -0.932. The number of nitrogens with two attached hydrogens (primary N) is 1. The molecule has 3 aromatic carbocycles. The molecule has 0 radical (unpaired) electrons. The van der Waals surface area contributed by atoms with Crippen molar-refractivity contribution >= 4 is 22.4 Å². The summed E-state index contributed by atoms with van der Waals surface area (Å²) in [6.07, 6.45) is -0.128. The third-order valence-corrected chi connectivity index (χ3v) is 3.85. The van der Waals surface area contributed by atoms with Crippen LogP contribution in [-0.2, 0) is 11.2 Å². The molecule has 122 valence electrons. The second kappa shape index (κ2) is 6.20. The van der Waals surface area contributed by atoms with Crippen LogP contribution in [0.3, 0.4) is 0 Å². The molecule has 3 rings (SSSR count). The molecule has 24 heavy (non-hydrogen) atoms. The second-order valence-corrected chi connectivity index (χ2v) is 5.60. The number of benzene rings is 3. The first kappa shape index (κ1) is 15.8. The van der Waals surface area contributed by atoms with Crippen LogP contribution in [0.1, 0.15) is 11.1 Å². The smallest absolute Gasteiger partial charge is 0.307 e. The average Bonchev–Trinajstić information content (AvgIpc) is 2.53. The molecule has 3 N–H and O–H groups in total. The Morgan fingerprint density at radius 2 is 1.88 bits per heavy atom. The first-order valence-electron chi connectivity index (χ1n) is 7.41. The SMILES string of the molecule is Cc1c(CC(=O)O)cc2ccc(F)cc2c1Oc1ccc(N)cc1. The number of ether oxygens (including phenoxy) is 1. The Morgan fingerprint density at radius 3 is 2.54 bits per heavy atom. The summed E-state index contributed by atoms with van der Waals surface area (Å²) in [6, 6.07) is 12.9. The number of rotatable bonds is 4. The zero-order chi connectivity index (χ0) is 17.3. The van der Waals surface area contributed by atoms with Gasteiger partial charge in [-0.05, 0) is 59.8 Å². The molecule has 0 saturated heterocycles. The van der Waals surface area contributed by atoms with Gasteiger partial charge in [-0.1, -0.05) is 12.1 Å². The van der Waals surface area contributed by atoms with Gasteiger partial charge in [0, 0.05) is 11.1 Å². The van der Waals surface area contributed by atoms with E-state index < -0.39 is 5.97 Å². The molecule has 0 spiro atoms. The van der Waals surface area contributed by atoms with E-state index in [0.717, 1.165) is 5.39 Å². The topological polar surface area (TPSA) is 72.5 Å². The standard InChI is InChI=1S/C19H16FNO3/c1-11-13(9-18(22)23)8-12-2-3-14(20)10-17(12)19(11)24-16-6-4-15(21)5-7-16/h2-8,10H,9,21H2,1H3,(H,22,23). The van der Waals surface area contributed by atoms with Gasteiger partial charge < -0.3 is 15.6 Å². The van der Waals surface area contributed by atoms with Crippen molar-refractivity contribution in [2.75, 3.05) is 5.73 Å². The van der Waals surface area contributed by atoms with Crippen LogP contribution in [0, 0.1) is 12.7 Å².